The van der Waals surface area contributed by atoms with Gasteiger partial charge in [0, 0.05) is 12.1 Å². The van der Waals surface area contributed by atoms with Gasteiger partial charge in [0.15, 0.2) is 11.5 Å². The molecule has 0 saturated heterocycles. The topological polar surface area (TPSA) is 39.7 Å². The van der Waals surface area contributed by atoms with Crippen LogP contribution in [0.1, 0.15) is 46.6 Å². The van der Waals surface area contributed by atoms with Crippen LogP contribution in [-0.4, -0.2) is 19.4 Å². The van der Waals surface area contributed by atoms with Crippen LogP contribution in [0, 0.1) is 5.41 Å². The molecule has 4 nitrogen and oxygen atoms in total. The van der Waals surface area contributed by atoms with Gasteiger partial charge in [0.1, 0.15) is 0 Å². The van der Waals surface area contributed by atoms with Gasteiger partial charge in [-0.2, -0.15) is 0 Å². The van der Waals surface area contributed by atoms with E-state index in [1.807, 2.05) is 12.1 Å². The molecule has 0 bridgehead atoms. The van der Waals surface area contributed by atoms with E-state index in [2.05, 4.69) is 39.9 Å². The van der Waals surface area contributed by atoms with Crippen LogP contribution >= 0.6 is 0 Å². The minimum atomic E-state index is 0.0713. The highest BCUT2D eigenvalue weighted by Gasteiger charge is 2.25. The zero-order valence-corrected chi connectivity index (χ0v) is 14.0. The van der Waals surface area contributed by atoms with Crippen molar-refractivity contribution in [2.24, 2.45) is 5.41 Å². The first kappa shape index (κ1) is 16.0. The molecule has 1 aliphatic heterocycles. The molecule has 0 unspecified atom stereocenters. The van der Waals surface area contributed by atoms with Crippen molar-refractivity contribution in [3.05, 3.63) is 17.7 Å². The van der Waals surface area contributed by atoms with E-state index in [0.29, 0.717) is 11.2 Å². The van der Waals surface area contributed by atoms with Crippen molar-refractivity contribution >= 4 is 0 Å². The molecule has 0 atom stereocenters. The maximum absolute atomic E-state index is 5.46. The van der Waals surface area contributed by atoms with Crippen molar-refractivity contribution in [3.63, 3.8) is 0 Å². The summed E-state index contributed by atoms with van der Waals surface area (Å²) in [7, 11) is 1.65. The number of fused-ring (bicyclic) bond motifs is 1. The van der Waals surface area contributed by atoms with Crippen molar-refractivity contribution in [1.29, 1.82) is 0 Å². The lowest BCUT2D eigenvalue weighted by Gasteiger charge is -2.33. The van der Waals surface area contributed by atoms with Crippen LogP contribution in [0.25, 0.3) is 0 Å². The molecule has 0 aromatic heterocycles. The van der Waals surface area contributed by atoms with E-state index < -0.39 is 0 Å². The van der Waals surface area contributed by atoms with Gasteiger partial charge in [-0.15, -0.1) is 0 Å². The fraction of sp³-hybridized carbons (Fsp3) is 0.647. The summed E-state index contributed by atoms with van der Waals surface area (Å²) in [6.45, 7) is 12.3. The van der Waals surface area contributed by atoms with Crippen LogP contribution in [0.3, 0.4) is 0 Å². The van der Waals surface area contributed by atoms with Crippen molar-refractivity contribution < 1.29 is 14.2 Å². The minimum Gasteiger partial charge on any atom is -0.493 e. The van der Waals surface area contributed by atoms with Crippen LogP contribution in [0.5, 0.6) is 17.2 Å². The molecule has 118 valence electrons. The number of rotatable bonds is 5. The Morgan fingerprint density at radius 2 is 1.86 bits per heavy atom. The summed E-state index contributed by atoms with van der Waals surface area (Å²) in [5.74, 6) is 2.20. The van der Waals surface area contributed by atoms with Gasteiger partial charge >= 0.3 is 0 Å². The molecule has 0 fully saturated rings. The summed E-state index contributed by atoms with van der Waals surface area (Å²) < 4.78 is 16.3. The summed E-state index contributed by atoms with van der Waals surface area (Å²) in [6, 6.07) is 4.03. The molecular formula is C17H27NO3. The van der Waals surface area contributed by atoms with Crippen molar-refractivity contribution in [2.75, 3.05) is 13.9 Å². The first-order chi connectivity index (χ1) is 9.70. The first-order valence-electron chi connectivity index (χ1n) is 7.42. The van der Waals surface area contributed by atoms with Gasteiger partial charge in [0.25, 0.3) is 0 Å². The standard InChI is InChI=1S/C17H27NO3/c1-16(2,3)10-17(4,5)18-9-12-7-13(19-6)15-14(8-12)20-11-21-15/h7-8,18H,9-11H2,1-6H3. The molecule has 2 rings (SSSR count). The Balaban J connectivity index is 2.07. The third-order valence-electron chi connectivity index (χ3n) is 3.46. The van der Waals surface area contributed by atoms with Gasteiger partial charge in [-0.1, -0.05) is 20.8 Å². The monoisotopic (exact) mass is 293 g/mol. The third kappa shape index (κ3) is 4.27. The molecule has 0 amide bonds. The van der Waals surface area contributed by atoms with E-state index in [0.717, 1.165) is 30.0 Å². The van der Waals surface area contributed by atoms with E-state index in [1.165, 1.54) is 0 Å². The van der Waals surface area contributed by atoms with Gasteiger partial charge in [-0.3, -0.25) is 0 Å². The summed E-state index contributed by atoms with van der Waals surface area (Å²) in [5.41, 5.74) is 1.50. The second-order valence-corrected chi connectivity index (χ2v) is 7.51. The quantitative estimate of drug-likeness (QED) is 0.898. The Morgan fingerprint density at radius 3 is 2.48 bits per heavy atom. The fourth-order valence-electron chi connectivity index (χ4n) is 3.02. The number of methoxy groups -OCH3 is 1. The van der Waals surface area contributed by atoms with Gasteiger partial charge < -0.3 is 19.5 Å². The highest BCUT2D eigenvalue weighted by Crippen LogP contribution is 2.41. The van der Waals surface area contributed by atoms with Crippen molar-refractivity contribution in [3.8, 4) is 17.2 Å². The Bertz CT molecular complexity index is 503. The third-order valence-corrected chi connectivity index (χ3v) is 3.46. The molecular weight excluding hydrogens is 266 g/mol. The SMILES string of the molecule is COc1cc(CNC(C)(C)CC(C)(C)C)cc2c1OCO2. The molecule has 1 N–H and O–H groups in total. The number of ether oxygens (including phenoxy) is 3. The van der Waals surface area contributed by atoms with E-state index in [1.54, 1.807) is 7.11 Å². The van der Waals surface area contributed by atoms with Gasteiger partial charge in [0.05, 0.1) is 7.11 Å². The maximum atomic E-state index is 5.46. The smallest absolute Gasteiger partial charge is 0.231 e. The Kier molecular flexibility index (Phi) is 4.38. The van der Waals surface area contributed by atoms with Gasteiger partial charge in [-0.05, 0) is 43.4 Å². The van der Waals surface area contributed by atoms with Crippen molar-refractivity contribution in [2.45, 2.75) is 53.1 Å². The summed E-state index contributed by atoms with van der Waals surface area (Å²) in [4.78, 5) is 0. The molecule has 1 aliphatic rings. The van der Waals surface area contributed by atoms with E-state index in [9.17, 15) is 0 Å². The summed E-state index contributed by atoms with van der Waals surface area (Å²) >= 11 is 0. The van der Waals surface area contributed by atoms with Crippen LogP contribution in [0.4, 0.5) is 0 Å². The number of hydrogen-bond acceptors (Lipinski definition) is 4. The molecule has 0 spiro atoms. The van der Waals surface area contributed by atoms with Gasteiger partial charge in [0.2, 0.25) is 12.5 Å². The lowest BCUT2D eigenvalue weighted by atomic mass is 9.82. The lowest BCUT2D eigenvalue weighted by molar-refractivity contribution is 0.171. The first-order valence-corrected chi connectivity index (χ1v) is 7.42. The number of benzene rings is 1. The zero-order valence-electron chi connectivity index (χ0n) is 14.0. The summed E-state index contributed by atoms with van der Waals surface area (Å²) in [5, 5.41) is 3.62. The number of nitrogens with one attached hydrogen (secondary N) is 1. The second kappa shape index (κ2) is 5.76. The zero-order chi connectivity index (χ0) is 15.7. The van der Waals surface area contributed by atoms with Crippen LogP contribution in [-0.2, 0) is 6.54 Å². The van der Waals surface area contributed by atoms with Crippen LogP contribution in [0.2, 0.25) is 0 Å². The second-order valence-electron chi connectivity index (χ2n) is 7.51. The van der Waals surface area contributed by atoms with Gasteiger partial charge in [-0.25, -0.2) is 0 Å². The molecule has 0 radical (unpaired) electrons. The molecule has 4 heteroatoms. The highest BCUT2D eigenvalue weighted by atomic mass is 16.7. The fourth-order valence-corrected chi connectivity index (χ4v) is 3.02. The highest BCUT2D eigenvalue weighted by molar-refractivity contribution is 5.55. The molecule has 0 saturated carbocycles. The van der Waals surface area contributed by atoms with Crippen LogP contribution < -0.4 is 19.5 Å². The molecule has 1 aromatic carbocycles. The largest absolute Gasteiger partial charge is 0.493 e. The average Bonchev–Trinajstić information content (AvgIpc) is 2.80. The maximum Gasteiger partial charge on any atom is 0.231 e. The minimum absolute atomic E-state index is 0.0713. The molecule has 0 aliphatic carbocycles. The average molecular weight is 293 g/mol. The predicted octanol–water partition coefficient (Wildman–Crippen LogP) is 3.73. The Morgan fingerprint density at radius 1 is 1.14 bits per heavy atom. The van der Waals surface area contributed by atoms with Crippen LogP contribution in [0.15, 0.2) is 12.1 Å². The predicted molar refractivity (Wildman–Crippen MR) is 84.1 cm³/mol. The Labute approximate surface area is 127 Å². The normalized spacial score (nSPS) is 14.4. The van der Waals surface area contributed by atoms with E-state index in [4.69, 9.17) is 14.2 Å². The summed E-state index contributed by atoms with van der Waals surface area (Å²) in [6.07, 6.45) is 1.10. The lowest BCUT2D eigenvalue weighted by Crippen LogP contribution is -2.41. The number of hydrogen-bond donors (Lipinski definition) is 1. The van der Waals surface area contributed by atoms with E-state index >= 15 is 0 Å². The van der Waals surface area contributed by atoms with E-state index in [-0.39, 0.29) is 12.3 Å². The molecule has 1 aromatic rings. The van der Waals surface area contributed by atoms with Crippen molar-refractivity contribution in [1.82, 2.24) is 5.32 Å². The molecule has 21 heavy (non-hydrogen) atoms. The Hall–Kier alpha value is -1.42. The molecule has 1 heterocycles.